The molecule has 4 nitrogen and oxygen atoms in total. The molecule has 1 aromatic rings. The third-order valence-corrected chi connectivity index (χ3v) is 4.56. The van der Waals surface area contributed by atoms with Crippen LogP contribution in [-0.2, 0) is 9.59 Å². The van der Waals surface area contributed by atoms with Gasteiger partial charge in [-0.25, -0.2) is 0 Å². The molecule has 22 heavy (non-hydrogen) atoms. The highest BCUT2D eigenvalue weighted by Crippen LogP contribution is 2.17. The van der Waals surface area contributed by atoms with Gasteiger partial charge >= 0.3 is 0 Å². The number of carbonyl (C=O) groups is 2. The number of hydrogen-bond donors (Lipinski definition) is 1. The van der Waals surface area contributed by atoms with Gasteiger partial charge in [-0.3, -0.25) is 9.59 Å². The molecule has 0 bridgehead atoms. The summed E-state index contributed by atoms with van der Waals surface area (Å²) in [6.07, 6.45) is 7.05. The van der Waals surface area contributed by atoms with Crippen molar-refractivity contribution in [2.24, 2.45) is 5.92 Å². The number of piperidine rings is 1. The molecule has 0 aliphatic carbocycles. The van der Waals surface area contributed by atoms with E-state index in [9.17, 15) is 9.59 Å². The lowest BCUT2D eigenvalue weighted by Gasteiger charge is -2.32. The molecule has 2 heterocycles. The van der Waals surface area contributed by atoms with E-state index < -0.39 is 0 Å². The normalized spacial score (nSPS) is 18.6. The smallest absolute Gasteiger partial charge is 0.246 e. The predicted octanol–water partition coefficient (Wildman–Crippen LogP) is 2.92. The molecular weight excluding hydrogens is 296 g/mol. The molecule has 0 radical (unpaired) electrons. The molecule has 1 aliphatic heterocycles. The van der Waals surface area contributed by atoms with Crippen LogP contribution in [0.1, 0.15) is 38.2 Å². The number of nitrogens with one attached hydrogen (secondary N) is 1. The second-order valence-corrected chi connectivity index (χ2v) is 6.52. The minimum Gasteiger partial charge on any atom is -0.356 e. The van der Waals surface area contributed by atoms with Gasteiger partial charge in [0.15, 0.2) is 0 Å². The van der Waals surface area contributed by atoms with E-state index in [1.165, 1.54) is 0 Å². The maximum Gasteiger partial charge on any atom is 0.246 e. The molecule has 0 saturated carbocycles. The summed E-state index contributed by atoms with van der Waals surface area (Å²) in [5, 5.41) is 6.99. The van der Waals surface area contributed by atoms with Crippen molar-refractivity contribution < 1.29 is 9.59 Å². The van der Waals surface area contributed by atoms with Gasteiger partial charge in [-0.15, -0.1) is 0 Å². The zero-order chi connectivity index (χ0) is 15.8. The molecule has 0 unspecified atom stereocenters. The van der Waals surface area contributed by atoms with E-state index in [1.54, 1.807) is 17.4 Å². The maximum atomic E-state index is 12.2. The Morgan fingerprint density at radius 1 is 1.50 bits per heavy atom. The average molecular weight is 320 g/mol. The lowest BCUT2D eigenvalue weighted by atomic mass is 9.97. The fraction of sp³-hybridized carbons (Fsp3) is 0.529. The van der Waals surface area contributed by atoms with Crippen molar-refractivity contribution in [3.63, 3.8) is 0 Å². The average Bonchev–Trinajstić information content (AvgIpc) is 3.04. The van der Waals surface area contributed by atoms with E-state index in [0.29, 0.717) is 18.9 Å². The second kappa shape index (κ2) is 8.73. The molecule has 120 valence electrons. The maximum absolute atomic E-state index is 12.2. The minimum absolute atomic E-state index is 0.0655. The van der Waals surface area contributed by atoms with Gasteiger partial charge in [0.1, 0.15) is 0 Å². The molecule has 1 saturated heterocycles. The molecule has 1 atom stereocenters. The Balaban J connectivity index is 1.79. The first-order chi connectivity index (χ1) is 10.7. The van der Waals surface area contributed by atoms with Crippen molar-refractivity contribution in [2.45, 2.75) is 32.6 Å². The van der Waals surface area contributed by atoms with Gasteiger partial charge in [0, 0.05) is 32.1 Å². The Morgan fingerprint density at radius 2 is 2.36 bits per heavy atom. The number of nitrogens with zero attached hydrogens (tertiary/aromatic N) is 1. The van der Waals surface area contributed by atoms with Gasteiger partial charge in [-0.05, 0) is 53.6 Å². The summed E-state index contributed by atoms with van der Waals surface area (Å²) >= 11 is 1.62. The Labute approximate surface area is 136 Å². The van der Waals surface area contributed by atoms with Crippen LogP contribution >= 0.6 is 11.3 Å². The van der Waals surface area contributed by atoms with Gasteiger partial charge in [0.25, 0.3) is 0 Å². The zero-order valence-electron chi connectivity index (χ0n) is 13.1. The van der Waals surface area contributed by atoms with E-state index in [2.05, 4.69) is 5.32 Å². The highest BCUT2D eigenvalue weighted by Gasteiger charge is 2.22. The molecule has 1 aromatic heterocycles. The van der Waals surface area contributed by atoms with E-state index in [-0.39, 0.29) is 11.8 Å². The van der Waals surface area contributed by atoms with Gasteiger partial charge < -0.3 is 10.2 Å². The van der Waals surface area contributed by atoms with Crippen LogP contribution in [0.25, 0.3) is 6.08 Å². The quantitative estimate of drug-likeness (QED) is 0.819. The lowest BCUT2D eigenvalue weighted by molar-refractivity contribution is -0.127. The number of amides is 2. The molecule has 2 amide bonds. The SMILES string of the molecule is CCCC(=O)NC[C@@H]1CCCN(C(=O)/C=C/c2ccsc2)C1. The number of likely N-dealkylation sites (tertiary alicyclic amines) is 1. The van der Waals surface area contributed by atoms with E-state index in [1.807, 2.05) is 34.7 Å². The van der Waals surface area contributed by atoms with Crippen LogP contribution in [0.5, 0.6) is 0 Å². The predicted molar refractivity (Wildman–Crippen MR) is 90.6 cm³/mol. The number of rotatable bonds is 6. The first kappa shape index (κ1) is 16.7. The second-order valence-electron chi connectivity index (χ2n) is 5.74. The third kappa shape index (κ3) is 5.30. The molecule has 1 aliphatic rings. The summed E-state index contributed by atoms with van der Waals surface area (Å²) in [7, 11) is 0. The Bertz CT molecular complexity index is 511. The van der Waals surface area contributed by atoms with Gasteiger partial charge in [0.05, 0.1) is 0 Å². The van der Waals surface area contributed by atoms with Crippen molar-refractivity contribution in [1.82, 2.24) is 10.2 Å². The molecule has 2 rings (SSSR count). The van der Waals surface area contributed by atoms with Crippen LogP contribution in [0.3, 0.4) is 0 Å². The largest absolute Gasteiger partial charge is 0.356 e. The third-order valence-electron chi connectivity index (χ3n) is 3.86. The molecular formula is C17H24N2O2S. The molecule has 0 aromatic carbocycles. The fourth-order valence-electron chi connectivity index (χ4n) is 2.65. The van der Waals surface area contributed by atoms with Gasteiger partial charge in [-0.1, -0.05) is 6.92 Å². The monoisotopic (exact) mass is 320 g/mol. The summed E-state index contributed by atoms with van der Waals surface area (Å²) in [5.74, 6) is 0.548. The molecule has 1 N–H and O–H groups in total. The summed E-state index contributed by atoms with van der Waals surface area (Å²) < 4.78 is 0. The summed E-state index contributed by atoms with van der Waals surface area (Å²) in [5.41, 5.74) is 1.07. The van der Waals surface area contributed by atoms with Crippen molar-refractivity contribution in [3.8, 4) is 0 Å². The first-order valence-corrected chi connectivity index (χ1v) is 8.89. The number of carbonyl (C=O) groups excluding carboxylic acids is 2. The highest BCUT2D eigenvalue weighted by atomic mass is 32.1. The van der Waals surface area contributed by atoms with Crippen LogP contribution in [0.4, 0.5) is 0 Å². The van der Waals surface area contributed by atoms with Gasteiger partial charge in [0.2, 0.25) is 11.8 Å². The van der Waals surface area contributed by atoms with Crippen LogP contribution in [0, 0.1) is 5.92 Å². The molecule has 0 spiro atoms. The molecule has 1 fully saturated rings. The fourth-order valence-corrected chi connectivity index (χ4v) is 3.28. The van der Waals surface area contributed by atoms with E-state index >= 15 is 0 Å². The van der Waals surface area contributed by atoms with Crippen LogP contribution < -0.4 is 5.32 Å². The molecule has 5 heteroatoms. The van der Waals surface area contributed by atoms with Crippen LogP contribution in [-0.4, -0.2) is 36.3 Å². The van der Waals surface area contributed by atoms with E-state index in [0.717, 1.165) is 37.9 Å². The standard InChI is InChI=1S/C17H24N2O2S/c1-2-4-16(20)18-11-15-5-3-9-19(12-15)17(21)7-6-14-8-10-22-13-14/h6-8,10,13,15H,2-5,9,11-12H2,1H3,(H,18,20)/b7-6+/t15-/m0/s1. The minimum atomic E-state index is 0.0655. The lowest BCUT2D eigenvalue weighted by Crippen LogP contribution is -2.43. The summed E-state index contributed by atoms with van der Waals surface area (Å²) in [4.78, 5) is 25.7. The van der Waals surface area contributed by atoms with Crippen molar-refractivity contribution >= 4 is 29.2 Å². The number of hydrogen-bond acceptors (Lipinski definition) is 3. The topological polar surface area (TPSA) is 49.4 Å². The highest BCUT2D eigenvalue weighted by molar-refractivity contribution is 7.08. The Morgan fingerprint density at radius 3 is 3.09 bits per heavy atom. The zero-order valence-corrected chi connectivity index (χ0v) is 13.9. The van der Waals surface area contributed by atoms with Crippen LogP contribution in [0.2, 0.25) is 0 Å². The van der Waals surface area contributed by atoms with Crippen molar-refractivity contribution in [1.29, 1.82) is 0 Å². The van der Waals surface area contributed by atoms with Crippen molar-refractivity contribution in [3.05, 3.63) is 28.5 Å². The first-order valence-electron chi connectivity index (χ1n) is 7.95. The Hall–Kier alpha value is -1.62. The van der Waals surface area contributed by atoms with Gasteiger partial charge in [-0.2, -0.15) is 11.3 Å². The summed E-state index contributed by atoms with van der Waals surface area (Å²) in [6, 6.07) is 2.00. The van der Waals surface area contributed by atoms with Crippen LogP contribution in [0.15, 0.2) is 22.9 Å². The number of thiophene rings is 1. The summed E-state index contributed by atoms with van der Waals surface area (Å²) in [6.45, 7) is 4.22. The Kier molecular flexibility index (Phi) is 6.65. The van der Waals surface area contributed by atoms with Crippen molar-refractivity contribution in [2.75, 3.05) is 19.6 Å². The van der Waals surface area contributed by atoms with E-state index in [4.69, 9.17) is 0 Å².